The maximum absolute atomic E-state index is 14.0. The number of rotatable bonds is 4. The lowest BCUT2D eigenvalue weighted by molar-refractivity contribution is -0.145. The summed E-state index contributed by atoms with van der Waals surface area (Å²) in [6, 6.07) is 1.88. The van der Waals surface area contributed by atoms with E-state index in [1.165, 1.54) is 7.11 Å². The number of nitrogens with zero attached hydrogens (tertiary/aromatic N) is 3. The average Bonchev–Trinajstić information content (AvgIpc) is 3.53. The van der Waals surface area contributed by atoms with Crippen LogP contribution < -0.4 is 0 Å². The molecule has 5 nitrogen and oxygen atoms in total. The van der Waals surface area contributed by atoms with E-state index in [-0.39, 0.29) is 11.6 Å². The molecule has 3 fully saturated rings. The Hall–Kier alpha value is -1.51. The summed E-state index contributed by atoms with van der Waals surface area (Å²) >= 11 is 0. The quantitative estimate of drug-likeness (QED) is 0.780. The van der Waals surface area contributed by atoms with Gasteiger partial charge in [0.15, 0.2) is 5.69 Å². The van der Waals surface area contributed by atoms with Gasteiger partial charge < -0.3 is 9.84 Å². The molecular weight excluding hydrogens is 407 g/mol. The Morgan fingerprint density at radius 2 is 1.90 bits per heavy atom. The number of aliphatic hydroxyl groups is 1. The number of halogens is 3. The number of likely N-dealkylation sites (tertiary alicyclic amines) is 1. The van der Waals surface area contributed by atoms with Gasteiger partial charge in [-0.15, -0.1) is 0 Å². The third-order valence-corrected chi connectivity index (χ3v) is 7.93. The van der Waals surface area contributed by atoms with E-state index in [4.69, 9.17) is 4.74 Å². The fourth-order valence-corrected chi connectivity index (χ4v) is 5.89. The molecule has 0 bridgehead atoms. The van der Waals surface area contributed by atoms with Gasteiger partial charge in [0.25, 0.3) is 0 Å². The summed E-state index contributed by atoms with van der Waals surface area (Å²) in [7, 11) is 1.50. The predicted molar refractivity (Wildman–Crippen MR) is 110 cm³/mol. The van der Waals surface area contributed by atoms with E-state index in [0.29, 0.717) is 49.7 Å². The Bertz CT molecular complexity index is 876. The molecule has 1 N–H and O–H groups in total. The third kappa shape index (κ3) is 3.80. The van der Waals surface area contributed by atoms with E-state index in [1.807, 2.05) is 0 Å². The van der Waals surface area contributed by atoms with Crippen molar-refractivity contribution in [2.24, 2.45) is 10.9 Å². The molecule has 0 radical (unpaired) electrons. The Morgan fingerprint density at radius 1 is 1.16 bits per heavy atom. The van der Waals surface area contributed by atoms with Gasteiger partial charge >= 0.3 is 6.18 Å². The summed E-state index contributed by atoms with van der Waals surface area (Å²) in [5.74, 6) is 0.447. The van der Waals surface area contributed by atoms with Crippen molar-refractivity contribution in [3.8, 4) is 0 Å². The highest BCUT2D eigenvalue weighted by molar-refractivity contribution is 5.82. The standard InChI is InChI=1S/C23H30F3N3O2/c1-31-22(18-12-15-13-27-10-6-19(15)28-20(18)23(24,25)26)9-11-29(14-22)17-4-7-21(30,8-5-17)16-2-3-16/h12-13,16-17,30H,2-11,14H2,1H3. The number of hydrogen-bond donors (Lipinski definition) is 1. The van der Waals surface area contributed by atoms with Crippen molar-refractivity contribution in [3.63, 3.8) is 0 Å². The van der Waals surface area contributed by atoms with Gasteiger partial charge in [0, 0.05) is 56.5 Å². The smallest absolute Gasteiger partial charge is 0.390 e. The zero-order valence-electron chi connectivity index (χ0n) is 17.9. The fourth-order valence-electron chi connectivity index (χ4n) is 5.89. The SMILES string of the molecule is COC1(c2cc3c(nc2C(F)(F)F)CCN=C3)CCN(C2CCC(O)(C3CC3)CC2)C1. The molecule has 1 unspecified atom stereocenters. The number of alkyl halides is 3. The van der Waals surface area contributed by atoms with Crippen molar-refractivity contribution in [1.29, 1.82) is 0 Å². The van der Waals surface area contributed by atoms with Crippen LogP contribution in [-0.4, -0.2) is 59.6 Å². The first-order valence-corrected chi connectivity index (χ1v) is 11.4. The number of methoxy groups -OCH3 is 1. The Morgan fingerprint density at radius 3 is 2.55 bits per heavy atom. The van der Waals surface area contributed by atoms with Crippen molar-refractivity contribution < 1.29 is 23.0 Å². The summed E-state index contributed by atoms with van der Waals surface area (Å²) in [6.07, 6.45) is 3.57. The molecule has 2 aliphatic carbocycles. The molecule has 2 saturated carbocycles. The molecule has 4 aliphatic rings. The molecule has 0 spiro atoms. The molecule has 2 aliphatic heterocycles. The predicted octanol–water partition coefficient (Wildman–Crippen LogP) is 3.71. The topological polar surface area (TPSA) is 58.0 Å². The number of fused-ring (bicyclic) bond motifs is 1. The lowest BCUT2D eigenvalue weighted by Crippen LogP contribution is -2.45. The van der Waals surface area contributed by atoms with Gasteiger partial charge in [-0.25, -0.2) is 4.98 Å². The number of pyridine rings is 1. The molecule has 0 amide bonds. The highest BCUT2D eigenvalue weighted by atomic mass is 19.4. The van der Waals surface area contributed by atoms with Gasteiger partial charge in [0.2, 0.25) is 0 Å². The Kier molecular flexibility index (Phi) is 5.18. The highest BCUT2D eigenvalue weighted by Crippen LogP contribution is 2.49. The summed E-state index contributed by atoms with van der Waals surface area (Å²) < 4.78 is 47.9. The normalized spacial score (nSPS) is 34.2. The summed E-state index contributed by atoms with van der Waals surface area (Å²) in [5, 5.41) is 10.8. The highest BCUT2D eigenvalue weighted by Gasteiger charge is 2.51. The summed E-state index contributed by atoms with van der Waals surface area (Å²) in [5.41, 5.74) is -1.14. The zero-order chi connectivity index (χ0) is 21.9. The van der Waals surface area contributed by atoms with Gasteiger partial charge in [-0.3, -0.25) is 9.89 Å². The van der Waals surface area contributed by atoms with Crippen LogP contribution in [0.1, 0.15) is 67.5 Å². The van der Waals surface area contributed by atoms with Crippen LogP contribution in [0.25, 0.3) is 0 Å². The first kappa shape index (κ1) is 21.3. The first-order chi connectivity index (χ1) is 14.7. The lowest BCUT2D eigenvalue weighted by atomic mass is 9.78. The summed E-state index contributed by atoms with van der Waals surface area (Å²) in [4.78, 5) is 10.6. The van der Waals surface area contributed by atoms with Gasteiger partial charge in [0.05, 0.1) is 11.3 Å². The minimum absolute atomic E-state index is 0.127. The van der Waals surface area contributed by atoms with Gasteiger partial charge in [-0.05, 0) is 56.9 Å². The monoisotopic (exact) mass is 437 g/mol. The van der Waals surface area contributed by atoms with Crippen LogP contribution in [0, 0.1) is 5.92 Å². The van der Waals surface area contributed by atoms with E-state index in [2.05, 4.69) is 14.9 Å². The third-order valence-electron chi connectivity index (χ3n) is 7.93. The van der Waals surface area contributed by atoms with Gasteiger partial charge in [0.1, 0.15) is 5.60 Å². The number of ether oxygens (including phenoxy) is 1. The molecule has 1 saturated heterocycles. The molecule has 8 heteroatoms. The molecular formula is C23H30F3N3O2. The minimum atomic E-state index is -4.54. The lowest BCUT2D eigenvalue weighted by Gasteiger charge is -2.40. The maximum Gasteiger partial charge on any atom is 0.433 e. The summed E-state index contributed by atoms with van der Waals surface area (Å²) in [6.45, 7) is 1.56. The van der Waals surface area contributed by atoms with Crippen LogP contribution in [0.5, 0.6) is 0 Å². The van der Waals surface area contributed by atoms with Crippen LogP contribution >= 0.6 is 0 Å². The van der Waals surface area contributed by atoms with E-state index in [0.717, 1.165) is 38.5 Å². The van der Waals surface area contributed by atoms with E-state index in [1.54, 1.807) is 12.3 Å². The molecule has 170 valence electrons. The number of aliphatic imine (C=N–C) groups is 1. The van der Waals surface area contributed by atoms with Crippen molar-refractivity contribution in [2.45, 2.75) is 74.8 Å². The second-order valence-electron chi connectivity index (χ2n) is 9.73. The van der Waals surface area contributed by atoms with Crippen molar-refractivity contribution in [2.75, 3.05) is 26.7 Å². The second-order valence-corrected chi connectivity index (χ2v) is 9.73. The van der Waals surface area contributed by atoms with Crippen LogP contribution in [0.15, 0.2) is 11.1 Å². The molecule has 1 aromatic heterocycles. The Balaban J connectivity index is 1.41. The van der Waals surface area contributed by atoms with E-state index in [9.17, 15) is 18.3 Å². The number of aromatic nitrogens is 1. The Labute approximate surface area is 180 Å². The van der Waals surface area contributed by atoms with Crippen molar-refractivity contribution in [1.82, 2.24) is 9.88 Å². The van der Waals surface area contributed by atoms with E-state index < -0.39 is 23.1 Å². The van der Waals surface area contributed by atoms with Crippen molar-refractivity contribution in [3.05, 3.63) is 28.6 Å². The molecule has 0 aromatic carbocycles. The van der Waals surface area contributed by atoms with Crippen LogP contribution in [0.4, 0.5) is 13.2 Å². The minimum Gasteiger partial charge on any atom is -0.390 e. The second kappa shape index (κ2) is 7.52. The number of hydrogen-bond acceptors (Lipinski definition) is 5. The fraction of sp³-hybridized carbons (Fsp3) is 0.739. The first-order valence-electron chi connectivity index (χ1n) is 11.4. The molecule has 3 heterocycles. The molecule has 1 atom stereocenters. The maximum atomic E-state index is 14.0. The van der Waals surface area contributed by atoms with Crippen LogP contribution in [-0.2, 0) is 22.9 Å². The molecule has 5 rings (SSSR count). The van der Waals surface area contributed by atoms with Crippen LogP contribution in [0.3, 0.4) is 0 Å². The van der Waals surface area contributed by atoms with Gasteiger partial charge in [-0.2, -0.15) is 13.2 Å². The van der Waals surface area contributed by atoms with E-state index >= 15 is 0 Å². The molecule has 31 heavy (non-hydrogen) atoms. The van der Waals surface area contributed by atoms with Crippen molar-refractivity contribution >= 4 is 6.21 Å². The van der Waals surface area contributed by atoms with Gasteiger partial charge in [-0.1, -0.05) is 0 Å². The van der Waals surface area contributed by atoms with Crippen LogP contribution in [0.2, 0.25) is 0 Å². The zero-order valence-corrected chi connectivity index (χ0v) is 17.9. The molecule has 1 aromatic rings. The average molecular weight is 438 g/mol. The largest absolute Gasteiger partial charge is 0.433 e.